The van der Waals surface area contributed by atoms with Gasteiger partial charge in [0.05, 0.1) is 5.56 Å². The fourth-order valence-electron chi connectivity index (χ4n) is 2.05. The molecule has 0 fully saturated rings. The topological polar surface area (TPSA) is 114 Å². The van der Waals surface area contributed by atoms with Gasteiger partial charge < -0.3 is 16.5 Å². The maximum Gasteiger partial charge on any atom is 0.262 e. The molecule has 6 nitrogen and oxygen atoms in total. The van der Waals surface area contributed by atoms with Gasteiger partial charge in [-0.2, -0.15) is 4.98 Å². The lowest BCUT2D eigenvalue weighted by atomic mass is 10.1. The van der Waals surface area contributed by atoms with Crippen LogP contribution in [0.15, 0.2) is 35.3 Å². The van der Waals surface area contributed by atoms with Gasteiger partial charge in [0.25, 0.3) is 5.56 Å². The second-order valence-electron chi connectivity index (χ2n) is 3.96. The molecule has 0 aliphatic rings. The van der Waals surface area contributed by atoms with Crippen LogP contribution in [0.1, 0.15) is 0 Å². The molecule has 0 saturated carbocycles. The van der Waals surface area contributed by atoms with Gasteiger partial charge in [-0.3, -0.25) is 9.78 Å². The highest BCUT2D eigenvalue weighted by Crippen LogP contribution is 2.28. The molecule has 90 valence electrons. The summed E-state index contributed by atoms with van der Waals surface area (Å²) in [6.07, 6.45) is 1.74. The van der Waals surface area contributed by atoms with Crippen LogP contribution in [-0.4, -0.2) is 15.0 Å². The van der Waals surface area contributed by atoms with E-state index < -0.39 is 0 Å². The van der Waals surface area contributed by atoms with Crippen molar-refractivity contribution in [3.8, 4) is 11.1 Å². The first kappa shape index (κ1) is 10.4. The molecule has 0 aliphatic heterocycles. The molecule has 0 atom stereocenters. The number of benzene rings is 1. The largest absolute Gasteiger partial charge is 0.383 e. The summed E-state index contributed by atoms with van der Waals surface area (Å²) < 4.78 is 0. The SMILES string of the molecule is Nc1nc(N)c(-c2c[nH]c3ccccc23)c(=O)[nH]1. The zero-order valence-corrected chi connectivity index (χ0v) is 9.40. The second kappa shape index (κ2) is 3.63. The van der Waals surface area contributed by atoms with E-state index in [2.05, 4.69) is 15.0 Å². The van der Waals surface area contributed by atoms with E-state index in [1.165, 1.54) is 0 Å². The van der Waals surface area contributed by atoms with Crippen molar-refractivity contribution < 1.29 is 0 Å². The number of fused-ring (bicyclic) bond motifs is 1. The zero-order valence-electron chi connectivity index (χ0n) is 9.40. The zero-order chi connectivity index (χ0) is 12.7. The molecule has 6 N–H and O–H groups in total. The van der Waals surface area contributed by atoms with Gasteiger partial charge in [0.1, 0.15) is 5.82 Å². The summed E-state index contributed by atoms with van der Waals surface area (Å²) in [5.41, 5.74) is 12.9. The van der Waals surface area contributed by atoms with Crippen molar-refractivity contribution in [1.82, 2.24) is 15.0 Å². The number of aromatic amines is 2. The monoisotopic (exact) mass is 241 g/mol. The number of nitrogen functional groups attached to an aromatic ring is 2. The molecule has 2 heterocycles. The van der Waals surface area contributed by atoms with Gasteiger partial charge >= 0.3 is 0 Å². The smallest absolute Gasteiger partial charge is 0.262 e. The Morgan fingerprint density at radius 2 is 1.94 bits per heavy atom. The van der Waals surface area contributed by atoms with Crippen LogP contribution in [0.5, 0.6) is 0 Å². The average Bonchev–Trinajstić information content (AvgIpc) is 2.72. The van der Waals surface area contributed by atoms with Crippen molar-refractivity contribution in [3.63, 3.8) is 0 Å². The standard InChI is InChI=1S/C12H11N5O/c13-10-9(11(18)17-12(14)16-10)7-5-15-8-4-2-1-3-6(7)8/h1-5,15H,(H5,13,14,16,17,18). The highest BCUT2D eigenvalue weighted by Gasteiger charge is 2.14. The van der Waals surface area contributed by atoms with Crippen LogP contribution in [-0.2, 0) is 0 Å². The average molecular weight is 241 g/mol. The summed E-state index contributed by atoms with van der Waals surface area (Å²) in [5.74, 6) is 0.141. The predicted octanol–water partition coefficient (Wildman–Crippen LogP) is 1.08. The summed E-state index contributed by atoms with van der Waals surface area (Å²) in [5, 5.41) is 0.918. The van der Waals surface area contributed by atoms with Crippen LogP contribution in [0.4, 0.5) is 11.8 Å². The Morgan fingerprint density at radius 3 is 2.72 bits per heavy atom. The molecule has 18 heavy (non-hydrogen) atoms. The third-order valence-corrected chi connectivity index (χ3v) is 2.82. The van der Waals surface area contributed by atoms with E-state index in [9.17, 15) is 4.79 Å². The molecule has 0 radical (unpaired) electrons. The Morgan fingerprint density at radius 1 is 1.17 bits per heavy atom. The Labute approximate surface area is 102 Å². The quantitative estimate of drug-likeness (QED) is 0.510. The van der Waals surface area contributed by atoms with E-state index in [-0.39, 0.29) is 17.3 Å². The van der Waals surface area contributed by atoms with Gasteiger partial charge in [0, 0.05) is 22.7 Å². The van der Waals surface area contributed by atoms with E-state index in [0.29, 0.717) is 5.56 Å². The number of aromatic nitrogens is 3. The second-order valence-corrected chi connectivity index (χ2v) is 3.96. The summed E-state index contributed by atoms with van der Waals surface area (Å²) in [7, 11) is 0. The summed E-state index contributed by atoms with van der Waals surface area (Å²) >= 11 is 0. The minimum Gasteiger partial charge on any atom is -0.383 e. The summed E-state index contributed by atoms with van der Waals surface area (Å²) in [6.45, 7) is 0. The maximum absolute atomic E-state index is 11.9. The van der Waals surface area contributed by atoms with E-state index in [1.807, 2.05) is 24.3 Å². The third kappa shape index (κ3) is 1.43. The molecular formula is C12H11N5O. The van der Waals surface area contributed by atoms with Crippen LogP contribution >= 0.6 is 0 Å². The molecule has 1 aromatic carbocycles. The molecule has 3 rings (SSSR count). The van der Waals surface area contributed by atoms with E-state index in [4.69, 9.17) is 11.5 Å². The van der Waals surface area contributed by atoms with E-state index in [0.717, 1.165) is 16.5 Å². The molecule has 0 amide bonds. The normalized spacial score (nSPS) is 10.9. The fraction of sp³-hybridized carbons (Fsp3) is 0. The minimum absolute atomic E-state index is 0.0149. The molecular weight excluding hydrogens is 230 g/mol. The number of nitrogens with zero attached hydrogens (tertiary/aromatic N) is 1. The molecule has 0 spiro atoms. The Balaban J connectivity index is 2.37. The Kier molecular flexibility index (Phi) is 2.09. The lowest BCUT2D eigenvalue weighted by molar-refractivity contribution is 1.15. The van der Waals surface area contributed by atoms with Gasteiger partial charge in [-0.1, -0.05) is 18.2 Å². The van der Waals surface area contributed by atoms with Crippen LogP contribution < -0.4 is 17.0 Å². The Hall–Kier alpha value is -2.76. The van der Waals surface area contributed by atoms with Crippen LogP contribution in [0, 0.1) is 0 Å². The minimum atomic E-state index is -0.343. The molecule has 0 bridgehead atoms. The highest BCUT2D eigenvalue weighted by atomic mass is 16.1. The summed E-state index contributed by atoms with van der Waals surface area (Å²) in [4.78, 5) is 21.4. The number of nitrogens with two attached hydrogens (primary N) is 2. The number of nitrogens with one attached hydrogen (secondary N) is 2. The van der Waals surface area contributed by atoms with Crippen molar-refractivity contribution in [1.29, 1.82) is 0 Å². The molecule has 0 saturated heterocycles. The highest BCUT2D eigenvalue weighted by molar-refractivity contribution is 5.97. The number of rotatable bonds is 1. The lowest BCUT2D eigenvalue weighted by Crippen LogP contribution is -2.16. The third-order valence-electron chi connectivity index (χ3n) is 2.82. The van der Waals surface area contributed by atoms with Crippen LogP contribution in [0.2, 0.25) is 0 Å². The maximum atomic E-state index is 11.9. The predicted molar refractivity (Wildman–Crippen MR) is 71.0 cm³/mol. The number of H-pyrrole nitrogens is 2. The number of anilines is 2. The first-order chi connectivity index (χ1) is 8.66. The van der Waals surface area contributed by atoms with E-state index >= 15 is 0 Å². The van der Waals surface area contributed by atoms with Crippen molar-refractivity contribution in [2.75, 3.05) is 11.5 Å². The number of hydrogen-bond acceptors (Lipinski definition) is 4. The molecule has 0 unspecified atom stereocenters. The first-order valence-electron chi connectivity index (χ1n) is 5.38. The number of para-hydroxylation sites is 1. The van der Waals surface area contributed by atoms with Gasteiger partial charge in [-0.05, 0) is 6.07 Å². The van der Waals surface area contributed by atoms with Crippen molar-refractivity contribution >= 4 is 22.7 Å². The fourth-order valence-corrected chi connectivity index (χ4v) is 2.05. The Bertz CT molecular complexity index is 787. The van der Waals surface area contributed by atoms with Crippen LogP contribution in [0.3, 0.4) is 0 Å². The van der Waals surface area contributed by atoms with Gasteiger partial charge in [-0.15, -0.1) is 0 Å². The molecule has 2 aromatic heterocycles. The van der Waals surface area contributed by atoms with Crippen LogP contribution in [0.25, 0.3) is 22.0 Å². The lowest BCUT2D eigenvalue weighted by Gasteiger charge is -2.03. The van der Waals surface area contributed by atoms with E-state index in [1.54, 1.807) is 6.20 Å². The van der Waals surface area contributed by atoms with Gasteiger partial charge in [-0.25, -0.2) is 0 Å². The van der Waals surface area contributed by atoms with Crippen molar-refractivity contribution in [2.24, 2.45) is 0 Å². The summed E-state index contributed by atoms with van der Waals surface area (Å²) in [6, 6.07) is 7.65. The number of hydrogen-bond donors (Lipinski definition) is 4. The van der Waals surface area contributed by atoms with Gasteiger partial charge in [0.2, 0.25) is 5.95 Å². The molecule has 3 aromatic rings. The first-order valence-corrected chi connectivity index (χ1v) is 5.38. The molecule has 0 aliphatic carbocycles. The van der Waals surface area contributed by atoms with Crippen molar-refractivity contribution in [3.05, 3.63) is 40.8 Å². The molecule has 6 heteroatoms. The van der Waals surface area contributed by atoms with Crippen molar-refractivity contribution in [2.45, 2.75) is 0 Å². The van der Waals surface area contributed by atoms with Gasteiger partial charge in [0.15, 0.2) is 0 Å².